The van der Waals surface area contributed by atoms with Gasteiger partial charge in [-0.05, 0) is 49.2 Å². The van der Waals surface area contributed by atoms with Crippen LogP contribution in [0, 0.1) is 5.82 Å². The van der Waals surface area contributed by atoms with Gasteiger partial charge in [-0.1, -0.05) is 18.2 Å². The van der Waals surface area contributed by atoms with Gasteiger partial charge in [-0.3, -0.25) is 4.79 Å². The van der Waals surface area contributed by atoms with E-state index in [0.29, 0.717) is 54.9 Å². The Morgan fingerprint density at radius 2 is 1.90 bits per heavy atom. The second kappa shape index (κ2) is 10.0. The Bertz CT molecular complexity index is 1540. The van der Waals surface area contributed by atoms with E-state index in [1.165, 1.54) is 12.1 Å². The number of carbonyl (C=O) groups is 1. The lowest BCUT2D eigenvalue weighted by molar-refractivity contribution is -0.131. The number of benzene rings is 2. The molecule has 202 valence electrons. The van der Waals surface area contributed by atoms with Crippen molar-refractivity contribution in [1.29, 1.82) is 0 Å². The number of piperazine rings is 1. The van der Waals surface area contributed by atoms with Crippen molar-refractivity contribution in [1.82, 2.24) is 24.4 Å². The molecule has 1 N–H and O–H groups in total. The number of halogens is 1. The predicted molar refractivity (Wildman–Crippen MR) is 144 cm³/mol. The molecule has 1 fully saturated rings. The molecule has 2 atom stereocenters. The lowest BCUT2D eigenvalue weighted by Gasteiger charge is -2.43. The highest BCUT2D eigenvalue weighted by Crippen LogP contribution is 2.33. The third-order valence-corrected chi connectivity index (χ3v) is 7.24. The first-order chi connectivity index (χ1) is 18.9. The van der Waals surface area contributed by atoms with Gasteiger partial charge in [0, 0.05) is 38.6 Å². The van der Waals surface area contributed by atoms with Crippen molar-refractivity contribution >= 4 is 28.8 Å². The Morgan fingerprint density at radius 1 is 1.05 bits per heavy atom. The third kappa shape index (κ3) is 4.91. The van der Waals surface area contributed by atoms with Gasteiger partial charge in [-0.25, -0.2) is 9.37 Å². The Balaban J connectivity index is 1.36. The summed E-state index contributed by atoms with van der Waals surface area (Å²) in [5.74, 6) is 2.37. The average Bonchev–Trinajstić information content (AvgIpc) is 3.55. The van der Waals surface area contributed by atoms with Crippen LogP contribution in [-0.2, 0) is 17.9 Å². The van der Waals surface area contributed by atoms with Crippen LogP contribution in [0.15, 0.2) is 48.8 Å². The number of imidazole rings is 1. The summed E-state index contributed by atoms with van der Waals surface area (Å²) in [6, 6.07) is 12.4. The van der Waals surface area contributed by atoms with Crippen molar-refractivity contribution in [3.05, 3.63) is 65.7 Å². The van der Waals surface area contributed by atoms with Crippen LogP contribution in [0.4, 0.5) is 16.2 Å². The van der Waals surface area contributed by atoms with Gasteiger partial charge in [0.15, 0.2) is 28.5 Å². The van der Waals surface area contributed by atoms with Gasteiger partial charge in [0.25, 0.3) is 0 Å². The molecule has 2 aromatic heterocycles. The van der Waals surface area contributed by atoms with Crippen molar-refractivity contribution in [2.24, 2.45) is 0 Å². The van der Waals surface area contributed by atoms with Crippen LogP contribution in [0.1, 0.15) is 31.9 Å². The molecule has 1 amide bonds. The fraction of sp³-hybridized carbons (Fsp3) is 0.357. The molecule has 39 heavy (non-hydrogen) atoms. The first-order valence-corrected chi connectivity index (χ1v) is 13.0. The normalized spacial score (nSPS) is 18.6. The van der Waals surface area contributed by atoms with Gasteiger partial charge in [-0.2, -0.15) is 9.97 Å². The molecule has 0 bridgehead atoms. The first-order valence-electron chi connectivity index (χ1n) is 13.0. The molecular weight excluding hydrogens is 501 g/mol. The van der Waals surface area contributed by atoms with Gasteiger partial charge in [0.2, 0.25) is 18.6 Å². The minimum absolute atomic E-state index is 0.0141. The Kier molecular flexibility index (Phi) is 6.41. The molecule has 0 radical (unpaired) electrons. The van der Waals surface area contributed by atoms with Gasteiger partial charge in [0.1, 0.15) is 5.82 Å². The molecule has 1 saturated heterocycles. The summed E-state index contributed by atoms with van der Waals surface area (Å²) in [6.45, 7) is 8.01. The lowest BCUT2D eigenvalue weighted by atomic mass is 10.1. The highest BCUT2D eigenvalue weighted by molar-refractivity contribution is 5.84. The predicted octanol–water partition coefficient (Wildman–Crippen LogP) is 3.80. The zero-order valence-corrected chi connectivity index (χ0v) is 22.1. The summed E-state index contributed by atoms with van der Waals surface area (Å²) in [7, 11) is 0. The Hall–Kier alpha value is -4.41. The highest BCUT2D eigenvalue weighted by atomic mass is 19.1. The molecule has 2 unspecified atom stereocenters. The van der Waals surface area contributed by atoms with E-state index in [4.69, 9.17) is 19.4 Å². The van der Waals surface area contributed by atoms with E-state index in [-0.39, 0.29) is 30.6 Å². The SMILES string of the molecule is CC(=O)N1CC(C)N(c2nc(NCc3ccc4c(c3)OCO4)c3ncn(Cc4cccc(F)c4)c3n2)CC1C. The molecule has 4 aromatic rings. The number of rotatable bonds is 6. The minimum Gasteiger partial charge on any atom is -0.454 e. The number of fused-ring (bicyclic) bond motifs is 2. The quantitative estimate of drug-likeness (QED) is 0.401. The smallest absolute Gasteiger partial charge is 0.231 e. The molecule has 4 heterocycles. The van der Waals surface area contributed by atoms with E-state index in [9.17, 15) is 9.18 Å². The standard InChI is InChI=1S/C28H30FN7O3/c1-17-13-36(18(2)12-35(17)19(3)37)28-32-26(30-11-20-7-8-23-24(10-20)39-16-38-23)25-27(33-28)34(15-31-25)14-21-5-4-6-22(29)9-21/h4-10,15,17-18H,11-14,16H2,1-3H3,(H,30,32,33). The fourth-order valence-electron chi connectivity index (χ4n) is 5.21. The Labute approximate surface area is 225 Å². The van der Waals surface area contributed by atoms with Crippen molar-refractivity contribution in [3.63, 3.8) is 0 Å². The first kappa shape index (κ1) is 24.9. The molecule has 10 nitrogen and oxygen atoms in total. The molecule has 2 aliphatic heterocycles. The third-order valence-electron chi connectivity index (χ3n) is 7.24. The average molecular weight is 532 g/mol. The van der Waals surface area contributed by atoms with Crippen molar-refractivity contribution < 1.29 is 18.7 Å². The lowest BCUT2D eigenvalue weighted by Crippen LogP contribution is -2.58. The summed E-state index contributed by atoms with van der Waals surface area (Å²) in [6.07, 6.45) is 1.71. The van der Waals surface area contributed by atoms with Crippen LogP contribution in [0.2, 0.25) is 0 Å². The maximum Gasteiger partial charge on any atom is 0.231 e. The van der Waals surface area contributed by atoms with Crippen LogP contribution in [0.5, 0.6) is 11.5 Å². The number of anilines is 2. The summed E-state index contributed by atoms with van der Waals surface area (Å²) in [5, 5.41) is 3.44. The van der Waals surface area contributed by atoms with Crippen LogP contribution in [0.25, 0.3) is 11.2 Å². The van der Waals surface area contributed by atoms with Gasteiger partial charge < -0.3 is 29.2 Å². The molecule has 0 aliphatic carbocycles. The maximum atomic E-state index is 13.9. The number of nitrogens with zero attached hydrogens (tertiary/aromatic N) is 6. The van der Waals surface area contributed by atoms with E-state index >= 15 is 0 Å². The fourth-order valence-corrected chi connectivity index (χ4v) is 5.21. The molecule has 2 aromatic carbocycles. The van der Waals surface area contributed by atoms with E-state index < -0.39 is 0 Å². The summed E-state index contributed by atoms with van der Waals surface area (Å²) < 4.78 is 26.7. The van der Waals surface area contributed by atoms with Crippen LogP contribution < -0.4 is 19.7 Å². The number of aromatic nitrogens is 4. The second-order valence-electron chi connectivity index (χ2n) is 10.1. The number of hydrogen-bond donors (Lipinski definition) is 1. The maximum absolute atomic E-state index is 13.9. The summed E-state index contributed by atoms with van der Waals surface area (Å²) in [5.41, 5.74) is 3.08. The van der Waals surface area contributed by atoms with Gasteiger partial charge in [-0.15, -0.1) is 0 Å². The van der Waals surface area contributed by atoms with E-state index in [1.807, 2.05) is 40.7 Å². The van der Waals surface area contributed by atoms with Crippen LogP contribution >= 0.6 is 0 Å². The molecule has 0 spiro atoms. The molecular formula is C28H30FN7O3. The molecule has 0 saturated carbocycles. The van der Waals surface area contributed by atoms with Crippen molar-refractivity contribution in [2.45, 2.75) is 45.9 Å². The second-order valence-corrected chi connectivity index (χ2v) is 10.1. The molecule has 11 heteroatoms. The number of hydrogen-bond acceptors (Lipinski definition) is 8. The van der Waals surface area contributed by atoms with Crippen molar-refractivity contribution in [2.75, 3.05) is 30.1 Å². The number of amides is 1. The zero-order chi connectivity index (χ0) is 27.1. The van der Waals surface area contributed by atoms with Crippen LogP contribution in [-0.4, -0.2) is 62.3 Å². The number of carbonyl (C=O) groups excluding carboxylic acids is 1. The summed E-state index contributed by atoms with van der Waals surface area (Å²) >= 11 is 0. The monoisotopic (exact) mass is 531 g/mol. The summed E-state index contributed by atoms with van der Waals surface area (Å²) in [4.78, 5) is 30.6. The van der Waals surface area contributed by atoms with Crippen molar-refractivity contribution in [3.8, 4) is 11.5 Å². The minimum atomic E-state index is -0.288. The topological polar surface area (TPSA) is 97.6 Å². The largest absolute Gasteiger partial charge is 0.454 e. The number of nitrogens with one attached hydrogen (secondary N) is 1. The van der Waals surface area contributed by atoms with Crippen LogP contribution in [0.3, 0.4) is 0 Å². The van der Waals surface area contributed by atoms with Gasteiger partial charge >= 0.3 is 0 Å². The molecule has 6 rings (SSSR count). The van der Waals surface area contributed by atoms with E-state index in [0.717, 1.165) is 16.9 Å². The highest BCUT2D eigenvalue weighted by Gasteiger charge is 2.32. The number of ether oxygens (including phenoxy) is 2. The van der Waals surface area contributed by atoms with E-state index in [1.54, 1.807) is 19.3 Å². The molecule has 2 aliphatic rings. The van der Waals surface area contributed by atoms with E-state index in [2.05, 4.69) is 22.1 Å². The zero-order valence-electron chi connectivity index (χ0n) is 22.1. The van der Waals surface area contributed by atoms with Gasteiger partial charge in [0.05, 0.1) is 12.9 Å². The Morgan fingerprint density at radius 3 is 2.72 bits per heavy atom.